The van der Waals surface area contributed by atoms with E-state index in [1.165, 1.54) is 16.7 Å². The zero-order chi connectivity index (χ0) is 12.4. The van der Waals surface area contributed by atoms with Crippen LogP contribution in [0.15, 0.2) is 0 Å². The number of nitrogens with zero attached hydrogens (tertiary/aromatic N) is 1. The molecule has 0 radical (unpaired) electrons. The topological polar surface area (TPSA) is 69.6 Å². The van der Waals surface area contributed by atoms with Crippen molar-refractivity contribution in [3.05, 3.63) is 0 Å². The minimum Gasteiger partial charge on any atom is -0.480 e. The molecule has 0 spiro atoms. The highest BCUT2D eigenvalue weighted by atomic mass is 32.2. The highest BCUT2D eigenvalue weighted by Crippen LogP contribution is 2.24. The fraction of sp³-hybridized carbons (Fsp3) is 0.818. The van der Waals surface area contributed by atoms with Gasteiger partial charge in [0, 0.05) is 5.75 Å². The number of carboxylic acid groups (broad SMARTS) is 1. The fourth-order valence-electron chi connectivity index (χ4n) is 2.36. The van der Waals surface area contributed by atoms with Crippen LogP contribution in [0.1, 0.15) is 19.8 Å². The third kappa shape index (κ3) is 2.74. The first-order valence-corrected chi connectivity index (χ1v) is 7.09. The lowest BCUT2D eigenvalue weighted by molar-refractivity contribution is -0.148. The quantitative estimate of drug-likeness (QED) is 0.748. The average molecular weight is 258 g/mol. The molecule has 0 aromatic carbocycles. The van der Waals surface area contributed by atoms with E-state index in [1.54, 1.807) is 0 Å². The SMILES string of the molecule is CC1CCNC(C(=O)N2CSCC2C(=O)O)C1. The summed E-state index contributed by atoms with van der Waals surface area (Å²) in [7, 11) is 0. The van der Waals surface area contributed by atoms with Crippen LogP contribution in [0.25, 0.3) is 0 Å². The summed E-state index contributed by atoms with van der Waals surface area (Å²) in [6.07, 6.45) is 1.90. The van der Waals surface area contributed by atoms with Crippen molar-refractivity contribution >= 4 is 23.6 Å². The molecular weight excluding hydrogens is 240 g/mol. The van der Waals surface area contributed by atoms with Gasteiger partial charge in [0.05, 0.1) is 11.9 Å². The first-order valence-electron chi connectivity index (χ1n) is 5.94. The van der Waals surface area contributed by atoms with Gasteiger partial charge >= 0.3 is 5.97 Å². The van der Waals surface area contributed by atoms with E-state index in [-0.39, 0.29) is 11.9 Å². The molecular formula is C11H18N2O3S. The number of carbonyl (C=O) groups excluding carboxylic acids is 1. The Morgan fingerprint density at radius 1 is 1.47 bits per heavy atom. The number of hydrogen-bond acceptors (Lipinski definition) is 4. The number of piperidine rings is 1. The molecule has 2 fully saturated rings. The standard InChI is InChI=1S/C11H18N2O3S/c1-7-2-3-12-8(4-7)10(14)13-6-17-5-9(13)11(15)16/h7-9,12H,2-6H2,1H3,(H,15,16). The van der Waals surface area contributed by atoms with Gasteiger partial charge in [-0.2, -0.15) is 0 Å². The molecule has 17 heavy (non-hydrogen) atoms. The van der Waals surface area contributed by atoms with Gasteiger partial charge in [-0.3, -0.25) is 4.79 Å². The Kier molecular flexibility index (Phi) is 3.93. The fourth-order valence-corrected chi connectivity index (χ4v) is 3.52. The van der Waals surface area contributed by atoms with Crippen molar-refractivity contribution in [2.75, 3.05) is 18.2 Å². The molecule has 2 saturated heterocycles. The first-order chi connectivity index (χ1) is 8.09. The maximum atomic E-state index is 12.2. The summed E-state index contributed by atoms with van der Waals surface area (Å²) >= 11 is 1.51. The molecule has 0 bridgehead atoms. The van der Waals surface area contributed by atoms with Crippen molar-refractivity contribution in [3.63, 3.8) is 0 Å². The molecule has 6 heteroatoms. The van der Waals surface area contributed by atoms with E-state index in [0.29, 0.717) is 17.5 Å². The number of aliphatic carboxylic acids is 1. The van der Waals surface area contributed by atoms with Crippen LogP contribution in [0.4, 0.5) is 0 Å². The van der Waals surface area contributed by atoms with Crippen LogP contribution in [0, 0.1) is 5.92 Å². The summed E-state index contributed by atoms with van der Waals surface area (Å²) in [6.45, 7) is 2.98. The normalized spacial score (nSPS) is 33.7. The molecule has 0 saturated carbocycles. The summed E-state index contributed by atoms with van der Waals surface area (Å²) in [5, 5.41) is 12.2. The van der Waals surface area contributed by atoms with Crippen molar-refractivity contribution in [1.82, 2.24) is 10.2 Å². The van der Waals surface area contributed by atoms with Crippen LogP contribution >= 0.6 is 11.8 Å². The van der Waals surface area contributed by atoms with Crippen LogP contribution in [0.3, 0.4) is 0 Å². The van der Waals surface area contributed by atoms with Crippen LogP contribution in [-0.4, -0.2) is 52.1 Å². The molecule has 2 rings (SSSR count). The maximum absolute atomic E-state index is 12.2. The largest absolute Gasteiger partial charge is 0.480 e. The Balaban J connectivity index is 2.01. The molecule has 0 aromatic heterocycles. The molecule has 2 aliphatic rings. The Morgan fingerprint density at radius 3 is 2.88 bits per heavy atom. The van der Waals surface area contributed by atoms with Gasteiger partial charge in [0.15, 0.2) is 0 Å². The third-order valence-electron chi connectivity index (χ3n) is 3.41. The van der Waals surface area contributed by atoms with Crippen LogP contribution < -0.4 is 5.32 Å². The molecule has 2 aliphatic heterocycles. The Hall–Kier alpha value is -0.750. The Bertz CT molecular complexity index is 324. The van der Waals surface area contributed by atoms with E-state index in [2.05, 4.69) is 12.2 Å². The lowest BCUT2D eigenvalue weighted by atomic mass is 9.93. The lowest BCUT2D eigenvalue weighted by Crippen LogP contribution is -2.53. The van der Waals surface area contributed by atoms with E-state index in [4.69, 9.17) is 5.11 Å². The Morgan fingerprint density at radius 2 is 2.24 bits per heavy atom. The minimum absolute atomic E-state index is 0.0473. The van der Waals surface area contributed by atoms with Gasteiger partial charge in [-0.15, -0.1) is 11.8 Å². The summed E-state index contributed by atoms with van der Waals surface area (Å²) in [4.78, 5) is 24.8. The van der Waals surface area contributed by atoms with Gasteiger partial charge in [0.2, 0.25) is 5.91 Å². The van der Waals surface area contributed by atoms with Crippen molar-refractivity contribution < 1.29 is 14.7 Å². The molecule has 3 unspecified atom stereocenters. The number of nitrogens with one attached hydrogen (secondary N) is 1. The van der Waals surface area contributed by atoms with Crippen molar-refractivity contribution in [3.8, 4) is 0 Å². The van der Waals surface area contributed by atoms with E-state index in [1.807, 2.05) is 0 Å². The number of carboxylic acids is 1. The van der Waals surface area contributed by atoms with Crippen LogP contribution in [0.5, 0.6) is 0 Å². The average Bonchev–Trinajstić information content (AvgIpc) is 2.77. The lowest BCUT2D eigenvalue weighted by Gasteiger charge is -2.31. The molecule has 96 valence electrons. The number of carbonyl (C=O) groups is 2. The second-order valence-corrected chi connectivity index (χ2v) is 5.80. The smallest absolute Gasteiger partial charge is 0.327 e. The second kappa shape index (κ2) is 5.27. The van der Waals surface area contributed by atoms with E-state index in [0.717, 1.165) is 19.4 Å². The number of amides is 1. The minimum atomic E-state index is -0.896. The molecule has 3 atom stereocenters. The van der Waals surface area contributed by atoms with Gasteiger partial charge < -0.3 is 15.3 Å². The van der Waals surface area contributed by atoms with Crippen LogP contribution in [0.2, 0.25) is 0 Å². The van der Waals surface area contributed by atoms with Crippen molar-refractivity contribution in [2.24, 2.45) is 5.92 Å². The summed E-state index contributed by atoms with van der Waals surface area (Å²) in [5.41, 5.74) is 0. The molecule has 0 aliphatic carbocycles. The summed E-state index contributed by atoms with van der Waals surface area (Å²) in [6, 6.07) is -0.842. The molecule has 5 nitrogen and oxygen atoms in total. The monoisotopic (exact) mass is 258 g/mol. The molecule has 2 N–H and O–H groups in total. The highest BCUT2D eigenvalue weighted by Gasteiger charge is 2.38. The zero-order valence-electron chi connectivity index (χ0n) is 9.89. The van der Waals surface area contributed by atoms with Crippen molar-refractivity contribution in [2.45, 2.75) is 31.8 Å². The third-order valence-corrected chi connectivity index (χ3v) is 4.43. The van der Waals surface area contributed by atoms with Crippen molar-refractivity contribution in [1.29, 1.82) is 0 Å². The Labute approximate surface area is 105 Å². The number of hydrogen-bond donors (Lipinski definition) is 2. The summed E-state index contributed by atoms with van der Waals surface area (Å²) < 4.78 is 0. The zero-order valence-corrected chi connectivity index (χ0v) is 10.7. The van der Waals surface area contributed by atoms with Crippen LogP contribution in [-0.2, 0) is 9.59 Å². The van der Waals surface area contributed by atoms with Gasteiger partial charge in [0.1, 0.15) is 6.04 Å². The summed E-state index contributed by atoms with van der Waals surface area (Å²) in [5.74, 6) is 0.594. The molecule has 2 heterocycles. The predicted octanol–water partition coefficient (Wildman–Crippen LogP) is 0.361. The number of thioether (sulfide) groups is 1. The first kappa shape index (κ1) is 12.7. The highest BCUT2D eigenvalue weighted by molar-refractivity contribution is 7.99. The van der Waals surface area contributed by atoms with Gasteiger partial charge in [-0.05, 0) is 25.3 Å². The van der Waals surface area contributed by atoms with E-state index < -0.39 is 12.0 Å². The van der Waals surface area contributed by atoms with E-state index in [9.17, 15) is 9.59 Å². The predicted molar refractivity (Wildman–Crippen MR) is 65.8 cm³/mol. The number of rotatable bonds is 2. The molecule has 1 amide bonds. The van der Waals surface area contributed by atoms with E-state index >= 15 is 0 Å². The van der Waals surface area contributed by atoms with Gasteiger partial charge in [-0.1, -0.05) is 6.92 Å². The second-order valence-electron chi connectivity index (χ2n) is 4.80. The van der Waals surface area contributed by atoms with Gasteiger partial charge in [-0.25, -0.2) is 4.79 Å². The maximum Gasteiger partial charge on any atom is 0.327 e. The molecule has 0 aromatic rings. The van der Waals surface area contributed by atoms with Gasteiger partial charge in [0.25, 0.3) is 0 Å².